The fourth-order valence-electron chi connectivity index (χ4n) is 2.54. The number of anilines is 1. The summed E-state index contributed by atoms with van der Waals surface area (Å²) in [5.74, 6) is 2.44. The number of benzene rings is 2. The van der Waals surface area contributed by atoms with Crippen molar-refractivity contribution >= 4 is 45.2 Å². The maximum Gasteiger partial charge on any atom is 0.234 e. The molecule has 3 rings (SSSR count). The van der Waals surface area contributed by atoms with E-state index in [9.17, 15) is 4.79 Å². The first-order valence-electron chi connectivity index (χ1n) is 8.81. The molecule has 0 saturated heterocycles. The second kappa shape index (κ2) is 9.71. The van der Waals surface area contributed by atoms with Gasteiger partial charge in [-0.05, 0) is 37.6 Å². The summed E-state index contributed by atoms with van der Waals surface area (Å²) in [5, 5.41) is 2.91. The van der Waals surface area contributed by atoms with E-state index in [1.54, 1.807) is 17.8 Å². The van der Waals surface area contributed by atoms with E-state index in [0.29, 0.717) is 36.2 Å². The summed E-state index contributed by atoms with van der Waals surface area (Å²) in [4.78, 5) is 16.9. The Morgan fingerprint density at radius 3 is 2.74 bits per heavy atom. The average Bonchev–Trinajstić information content (AvgIpc) is 2.68. The molecule has 1 amide bonds. The summed E-state index contributed by atoms with van der Waals surface area (Å²) in [6.07, 6.45) is 0. The normalized spacial score (nSPS) is 12.7. The number of ether oxygens (including phenoxy) is 2. The molecular weight excluding hydrogens is 380 g/mol. The maximum absolute atomic E-state index is 12.3. The lowest BCUT2D eigenvalue weighted by atomic mass is 10.2. The second-order valence-corrected chi connectivity index (χ2v) is 7.85. The van der Waals surface area contributed by atoms with Crippen molar-refractivity contribution < 1.29 is 14.3 Å². The van der Waals surface area contributed by atoms with Gasteiger partial charge in [-0.1, -0.05) is 41.7 Å². The van der Waals surface area contributed by atoms with E-state index >= 15 is 0 Å². The minimum absolute atomic E-state index is 0.0752. The zero-order valence-electron chi connectivity index (χ0n) is 15.4. The SMILES string of the molecule is CCOc1ccc(NC(=O)CSC2=Nc3ccccc3CS2)cc1OCC. The Morgan fingerprint density at radius 1 is 1.15 bits per heavy atom. The summed E-state index contributed by atoms with van der Waals surface area (Å²) in [6, 6.07) is 13.5. The number of nitrogens with one attached hydrogen (secondary N) is 1. The number of carbonyl (C=O) groups is 1. The Morgan fingerprint density at radius 2 is 1.93 bits per heavy atom. The summed E-state index contributed by atoms with van der Waals surface area (Å²) in [6.45, 7) is 4.93. The molecule has 1 aliphatic rings. The molecule has 0 bridgehead atoms. The molecular formula is C20H22N2O3S2. The number of thioether (sulfide) groups is 2. The van der Waals surface area contributed by atoms with Gasteiger partial charge in [-0.15, -0.1) is 0 Å². The van der Waals surface area contributed by atoms with E-state index in [4.69, 9.17) is 9.47 Å². The zero-order valence-corrected chi connectivity index (χ0v) is 17.0. The number of rotatable bonds is 7. The molecule has 0 aliphatic carbocycles. The molecule has 27 heavy (non-hydrogen) atoms. The molecule has 142 valence electrons. The van der Waals surface area contributed by atoms with Crippen molar-refractivity contribution in [1.29, 1.82) is 0 Å². The second-order valence-electron chi connectivity index (χ2n) is 5.66. The molecule has 1 N–H and O–H groups in total. The van der Waals surface area contributed by atoms with Crippen molar-refractivity contribution in [2.45, 2.75) is 19.6 Å². The van der Waals surface area contributed by atoms with Gasteiger partial charge in [0, 0.05) is 17.5 Å². The average molecular weight is 403 g/mol. The third-order valence-electron chi connectivity index (χ3n) is 3.71. The molecule has 2 aromatic carbocycles. The van der Waals surface area contributed by atoms with Gasteiger partial charge in [0.05, 0.1) is 24.7 Å². The van der Waals surface area contributed by atoms with Crippen LogP contribution in [0.25, 0.3) is 0 Å². The van der Waals surface area contributed by atoms with Crippen molar-refractivity contribution in [2.75, 3.05) is 24.3 Å². The van der Waals surface area contributed by atoms with Crippen molar-refractivity contribution in [3.8, 4) is 11.5 Å². The number of amides is 1. The first kappa shape index (κ1) is 19.6. The Labute approximate surface area is 167 Å². The maximum atomic E-state index is 12.3. The minimum atomic E-state index is -0.0752. The van der Waals surface area contributed by atoms with Crippen molar-refractivity contribution in [3.63, 3.8) is 0 Å². The standard InChI is InChI=1S/C20H22N2O3S2/c1-3-24-17-10-9-15(11-18(17)25-4-2)21-19(23)13-27-20-22-16-8-6-5-7-14(16)12-26-20/h5-11H,3-4,12-13H2,1-2H3,(H,21,23). The summed E-state index contributed by atoms with van der Waals surface area (Å²) < 4.78 is 12.1. The molecule has 0 spiro atoms. The molecule has 2 aromatic rings. The third-order valence-corrected chi connectivity index (χ3v) is 5.95. The fourth-order valence-corrected chi connectivity index (χ4v) is 4.40. The largest absolute Gasteiger partial charge is 0.490 e. The topological polar surface area (TPSA) is 59.9 Å². The highest BCUT2D eigenvalue weighted by Gasteiger charge is 2.14. The molecule has 7 heteroatoms. The van der Waals surface area contributed by atoms with Crippen molar-refractivity contribution in [2.24, 2.45) is 4.99 Å². The summed E-state index contributed by atoms with van der Waals surface area (Å²) >= 11 is 3.13. The quantitative estimate of drug-likeness (QED) is 0.699. The summed E-state index contributed by atoms with van der Waals surface area (Å²) in [5.41, 5.74) is 2.91. The van der Waals surface area contributed by atoms with E-state index in [1.807, 2.05) is 44.2 Å². The van der Waals surface area contributed by atoms with E-state index < -0.39 is 0 Å². The Kier molecular flexibility index (Phi) is 7.06. The van der Waals surface area contributed by atoms with E-state index in [0.717, 1.165) is 15.8 Å². The predicted molar refractivity (Wildman–Crippen MR) is 115 cm³/mol. The molecule has 5 nitrogen and oxygen atoms in total. The summed E-state index contributed by atoms with van der Waals surface area (Å²) in [7, 11) is 0. The van der Waals surface area contributed by atoms with E-state index in [1.165, 1.54) is 17.3 Å². The minimum Gasteiger partial charge on any atom is -0.490 e. The lowest BCUT2D eigenvalue weighted by Crippen LogP contribution is -2.15. The number of hydrogen-bond acceptors (Lipinski definition) is 6. The van der Waals surface area contributed by atoms with E-state index in [-0.39, 0.29) is 5.91 Å². The smallest absolute Gasteiger partial charge is 0.234 e. The van der Waals surface area contributed by atoms with Crippen LogP contribution in [0.3, 0.4) is 0 Å². The van der Waals surface area contributed by atoms with Gasteiger partial charge in [0.15, 0.2) is 11.5 Å². The van der Waals surface area contributed by atoms with Crippen LogP contribution in [-0.2, 0) is 10.5 Å². The highest BCUT2D eigenvalue weighted by Crippen LogP contribution is 2.34. The van der Waals surface area contributed by atoms with Crippen LogP contribution in [0, 0.1) is 0 Å². The van der Waals surface area contributed by atoms with Gasteiger partial charge < -0.3 is 14.8 Å². The Hall–Kier alpha value is -2.12. The molecule has 1 heterocycles. The van der Waals surface area contributed by atoms with Gasteiger partial charge >= 0.3 is 0 Å². The Balaban J connectivity index is 1.58. The highest BCUT2D eigenvalue weighted by atomic mass is 32.2. The Bertz CT molecular complexity index is 840. The zero-order chi connectivity index (χ0) is 19.1. The molecule has 0 atom stereocenters. The fraction of sp³-hybridized carbons (Fsp3) is 0.300. The van der Waals surface area contributed by atoms with Crippen LogP contribution < -0.4 is 14.8 Å². The van der Waals surface area contributed by atoms with Gasteiger partial charge in [0.1, 0.15) is 4.38 Å². The van der Waals surface area contributed by atoms with Gasteiger partial charge in [-0.2, -0.15) is 0 Å². The van der Waals surface area contributed by atoms with Crippen LogP contribution in [0.2, 0.25) is 0 Å². The number of aliphatic imine (C=N–C) groups is 1. The van der Waals surface area contributed by atoms with Crippen LogP contribution in [0.15, 0.2) is 47.5 Å². The van der Waals surface area contributed by atoms with Crippen LogP contribution in [-0.4, -0.2) is 29.2 Å². The highest BCUT2D eigenvalue weighted by molar-refractivity contribution is 8.38. The van der Waals surface area contributed by atoms with Gasteiger partial charge in [0.2, 0.25) is 5.91 Å². The molecule has 0 radical (unpaired) electrons. The lowest BCUT2D eigenvalue weighted by Gasteiger charge is -2.15. The molecule has 0 saturated carbocycles. The molecule has 1 aliphatic heterocycles. The lowest BCUT2D eigenvalue weighted by molar-refractivity contribution is -0.113. The van der Waals surface area contributed by atoms with Gasteiger partial charge in [-0.3, -0.25) is 4.79 Å². The van der Waals surface area contributed by atoms with Crippen LogP contribution in [0.4, 0.5) is 11.4 Å². The molecule has 0 aromatic heterocycles. The van der Waals surface area contributed by atoms with Crippen LogP contribution >= 0.6 is 23.5 Å². The van der Waals surface area contributed by atoms with Crippen LogP contribution in [0.5, 0.6) is 11.5 Å². The van der Waals surface area contributed by atoms with Crippen molar-refractivity contribution in [1.82, 2.24) is 0 Å². The van der Waals surface area contributed by atoms with Crippen LogP contribution in [0.1, 0.15) is 19.4 Å². The number of nitrogens with zero attached hydrogens (tertiary/aromatic N) is 1. The molecule has 0 unspecified atom stereocenters. The number of para-hydroxylation sites is 1. The predicted octanol–water partition coefficient (Wildman–Crippen LogP) is 5.09. The van der Waals surface area contributed by atoms with Crippen molar-refractivity contribution in [3.05, 3.63) is 48.0 Å². The first-order valence-corrected chi connectivity index (χ1v) is 10.8. The monoisotopic (exact) mass is 402 g/mol. The number of fused-ring (bicyclic) bond motifs is 1. The van der Waals surface area contributed by atoms with E-state index in [2.05, 4.69) is 16.4 Å². The van der Waals surface area contributed by atoms with Gasteiger partial charge in [0.25, 0.3) is 0 Å². The number of carbonyl (C=O) groups excluding carboxylic acids is 1. The first-order chi connectivity index (χ1) is 13.2. The molecule has 0 fully saturated rings. The third kappa shape index (κ3) is 5.43. The number of hydrogen-bond donors (Lipinski definition) is 1. The van der Waals surface area contributed by atoms with Gasteiger partial charge in [-0.25, -0.2) is 4.99 Å².